The minimum absolute atomic E-state index is 0.0106. The number of aromatic nitrogens is 1. The smallest absolute Gasteiger partial charge is 0.251 e. The zero-order valence-electron chi connectivity index (χ0n) is 16.2. The molecule has 1 amide bonds. The van der Waals surface area contributed by atoms with Gasteiger partial charge >= 0.3 is 0 Å². The lowest BCUT2D eigenvalue weighted by molar-refractivity contribution is 0.0929. The van der Waals surface area contributed by atoms with E-state index in [1.54, 1.807) is 0 Å². The van der Waals surface area contributed by atoms with Crippen molar-refractivity contribution in [3.05, 3.63) is 40.0 Å². The Morgan fingerprint density at radius 1 is 1.27 bits per heavy atom. The number of rotatable bonds is 5. The molecule has 1 aliphatic carbocycles. The van der Waals surface area contributed by atoms with E-state index >= 15 is 0 Å². The first-order valence-electron chi connectivity index (χ1n) is 9.31. The summed E-state index contributed by atoms with van der Waals surface area (Å²) in [6.45, 7) is 5.84. The number of benzene rings is 1. The van der Waals surface area contributed by atoms with Crippen LogP contribution < -0.4 is 5.32 Å². The first kappa shape index (κ1) is 19.1. The van der Waals surface area contributed by atoms with Crippen molar-refractivity contribution < 1.29 is 4.79 Å². The van der Waals surface area contributed by atoms with Crippen LogP contribution in [0, 0.1) is 5.41 Å². The number of carbonyl (C=O) groups is 1. The Hall–Kier alpha value is -1.65. The van der Waals surface area contributed by atoms with E-state index < -0.39 is 0 Å². The van der Waals surface area contributed by atoms with E-state index in [0.29, 0.717) is 12.1 Å². The summed E-state index contributed by atoms with van der Waals surface area (Å²) in [7, 11) is 4.09. The number of pyridine rings is 1. The second-order valence-electron chi connectivity index (χ2n) is 8.37. The summed E-state index contributed by atoms with van der Waals surface area (Å²) in [6.07, 6.45) is 4.30. The van der Waals surface area contributed by atoms with Crippen LogP contribution in [0.3, 0.4) is 0 Å². The van der Waals surface area contributed by atoms with Gasteiger partial charge in [-0.2, -0.15) is 0 Å². The molecule has 1 aromatic carbocycles. The van der Waals surface area contributed by atoms with Crippen LogP contribution in [-0.2, 0) is 12.8 Å². The Labute approximate surface area is 160 Å². The topological polar surface area (TPSA) is 45.2 Å². The maximum Gasteiger partial charge on any atom is 0.251 e. The molecule has 0 aliphatic heterocycles. The highest BCUT2D eigenvalue weighted by atomic mass is 35.5. The standard InChI is InChI=1S/C21H28ClN3O/c1-21(2,13-25(3)4)12-23-20(26)14-9-10-16-18(11-14)24-17-8-6-5-7-15(17)19(16)22/h9-11H,5-8,12-13H2,1-4H3,(H,23,26). The number of hydrogen-bond donors (Lipinski definition) is 1. The van der Waals surface area contributed by atoms with Gasteiger partial charge in [-0.1, -0.05) is 31.5 Å². The van der Waals surface area contributed by atoms with Crippen LogP contribution in [0.25, 0.3) is 10.9 Å². The van der Waals surface area contributed by atoms with Crippen molar-refractivity contribution >= 4 is 28.4 Å². The monoisotopic (exact) mass is 373 g/mol. The summed E-state index contributed by atoms with van der Waals surface area (Å²) in [5.74, 6) is -0.0608. The molecule has 3 rings (SSSR count). The fourth-order valence-electron chi connectivity index (χ4n) is 3.84. The molecular formula is C21H28ClN3O. The van der Waals surface area contributed by atoms with Crippen LogP contribution in [-0.4, -0.2) is 43.0 Å². The fourth-order valence-corrected chi connectivity index (χ4v) is 4.21. The molecule has 2 aromatic rings. The Morgan fingerprint density at radius 2 is 2.00 bits per heavy atom. The number of carbonyl (C=O) groups excluding carboxylic acids is 1. The van der Waals surface area contributed by atoms with E-state index in [2.05, 4.69) is 24.1 Å². The van der Waals surface area contributed by atoms with E-state index in [1.807, 2.05) is 32.3 Å². The summed E-state index contributed by atoms with van der Waals surface area (Å²) in [5.41, 5.74) is 3.75. The highest BCUT2D eigenvalue weighted by Gasteiger charge is 2.21. The van der Waals surface area contributed by atoms with E-state index in [1.165, 1.54) is 12.0 Å². The van der Waals surface area contributed by atoms with Crippen LogP contribution in [0.1, 0.15) is 48.3 Å². The van der Waals surface area contributed by atoms with E-state index in [9.17, 15) is 4.79 Å². The molecule has 140 valence electrons. The second-order valence-corrected chi connectivity index (χ2v) is 8.75. The second kappa shape index (κ2) is 7.53. The Bertz CT molecular complexity index is 830. The third-order valence-corrected chi connectivity index (χ3v) is 5.36. The molecule has 26 heavy (non-hydrogen) atoms. The summed E-state index contributed by atoms with van der Waals surface area (Å²) in [4.78, 5) is 19.5. The van der Waals surface area contributed by atoms with Gasteiger partial charge in [0.2, 0.25) is 0 Å². The molecule has 0 radical (unpaired) electrons. The molecule has 0 atom stereocenters. The summed E-state index contributed by atoms with van der Waals surface area (Å²) >= 11 is 6.62. The molecule has 0 spiro atoms. The number of aryl methyl sites for hydroxylation is 1. The lowest BCUT2D eigenvalue weighted by atomic mass is 9.92. The number of nitrogens with zero attached hydrogens (tertiary/aromatic N) is 2. The molecule has 5 heteroatoms. The van der Waals surface area contributed by atoms with Gasteiger partial charge in [0.25, 0.3) is 5.91 Å². The van der Waals surface area contributed by atoms with Crippen molar-refractivity contribution in [2.75, 3.05) is 27.2 Å². The maximum atomic E-state index is 12.6. The number of fused-ring (bicyclic) bond motifs is 2. The Balaban J connectivity index is 1.81. The predicted octanol–water partition coefficient (Wildman–Crippen LogP) is 4.08. The van der Waals surface area contributed by atoms with Gasteiger partial charge in [0.1, 0.15) is 0 Å². The number of nitrogens with one attached hydrogen (secondary N) is 1. The van der Waals surface area contributed by atoms with Crippen LogP contribution in [0.2, 0.25) is 5.02 Å². The maximum absolute atomic E-state index is 12.6. The van der Waals surface area contributed by atoms with Gasteiger partial charge in [0, 0.05) is 29.7 Å². The van der Waals surface area contributed by atoms with Gasteiger partial charge in [-0.25, -0.2) is 0 Å². The minimum atomic E-state index is -0.0608. The zero-order chi connectivity index (χ0) is 18.9. The average Bonchev–Trinajstić information content (AvgIpc) is 2.58. The number of halogens is 1. The highest BCUT2D eigenvalue weighted by Crippen LogP contribution is 2.33. The van der Waals surface area contributed by atoms with Crippen LogP contribution in [0.4, 0.5) is 0 Å². The van der Waals surface area contributed by atoms with Crippen LogP contribution in [0.5, 0.6) is 0 Å². The Morgan fingerprint density at radius 3 is 2.73 bits per heavy atom. The normalized spacial score (nSPS) is 14.5. The minimum Gasteiger partial charge on any atom is -0.351 e. The number of hydrogen-bond acceptors (Lipinski definition) is 3. The van der Waals surface area contributed by atoms with Gasteiger partial charge < -0.3 is 10.2 Å². The summed E-state index contributed by atoms with van der Waals surface area (Å²) in [5, 5.41) is 4.81. The SMILES string of the molecule is CN(C)CC(C)(C)CNC(=O)c1ccc2c(Cl)c3c(nc2c1)CCCC3. The molecule has 0 saturated heterocycles. The van der Waals surface area contributed by atoms with Gasteiger partial charge in [-0.3, -0.25) is 9.78 Å². The fraction of sp³-hybridized carbons (Fsp3) is 0.524. The van der Waals surface area contributed by atoms with Crippen molar-refractivity contribution in [3.8, 4) is 0 Å². The molecule has 0 bridgehead atoms. The van der Waals surface area contributed by atoms with Crippen molar-refractivity contribution in [1.82, 2.24) is 15.2 Å². The van der Waals surface area contributed by atoms with Crippen molar-refractivity contribution in [2.45, 2.75) is 39.5 Å². The van der Waals surface area contributed by atoms with E-state index in [0.717, 1.165) is 47.4 Å². The van der Waals surface area contributed by atoms with E-state index in [-0.39, 0.29) is 11.3 Å². The quantitative estimate of drug-likeness (QED) is 0.858. The van der Waals surface area contributed by atoms with E-state index in [4.69, 9.17) is 16.6 Å². The third kappa shape index (κ3) is 4.18. The van der Waals surface area contributed by atoms with Gasteiger partial charge in [0.15, 0.2) is 0 Å². The molecule has 0 unspecified atom stereocenters. The molecule has 0 saturated carbocycles. The largest absolute Gasteiger partial charge is 0.351 e. The lowest BCUT2D eigenvalue weighted by Crippen LogP contribution is -2.39. The van der Waals surface area contributed by atoms with Crippen molar-refractivity contribution in [2.24, 2.45) is 5.41 Å². The van der Waals surface area contributed by atoms with Gasteiger partial charge in [-0.05, 0) is 62.9 Å². The van der Waals surface area contributed by atoms with Crippen molar-refractivity contribution in [3.63, 3.8) is 0 Å². The van der Waals surface area contributed by atoms with Crippen molar-refractivity contribution in [1.29, 1.82) is 0 Å². The molecule has 1 aliphatic rings. The first-order valence-corrected chi connectivity index (χ1v) is 9.68. The zero-order valence-corrected chi connectivity index (χ0v) is 16.9. The molecule has 1 N–H and O–H groups in total. The summed E-state index contributed by atoms with van der Waals surface area (Å²) in [6, 6.07) is 5.64. The third-order valence-electron chi connectivity index (χ3n) is 4.93. The number of amides is 1. The van der Waals surface area contributed by atoms with Gasteiger partial charge in [-0.15, -0.1) is 0 Å². The molecule has 1 aromatic heterocycles. The summed E-state index contributed by atoms with van der Waals surface area (Å²) < 4.78 is 0. The van der Waals surface area contributed by atoms with Crippen LogP contribution >= 0.6 is 11.6 Å². The first-order chi connectivity index (χ1) is 12.3. The Kier molecular flexibility index (Phi) is 5.54. The highest BCUT2D eigenvalue weighted by molar-refractivity contribution is 6.36. The average molecular weight is 374 g/mol. The molecule has 1 heterocycles. The lowest BCUT2D eigenvalue weighted by Gasteiger charge is -2.28. The molecule has 4 nitrogen and oxygen atoms in total. The van der Waals surface area contributed by atoms with Gasteiger partial charge in [0.05, 0.1) is 10.5 Å². The molecular weight excluding hydrogens is 346 g/mol. The predicted molar refractivity (Wildman–Crippen MR) is 108 cm³/mol. The molecule has 0 fully saturated rings. The van der Waals surface area contributed by atoms with Crippen LogP contribution in [0.15, 0.2) is 18.2 Å².